The fraction of sp³-hybridized carbons (Fsp3) is 0.0400. The molecule has 0 aliphatic heterocycles. The summed E-state index contributed by atoms with van der Waals surface area (Å²) in [5.74, 6) is -1.61. The van der Waals surface area contributed by atoms with Gasteiger partial charge in [0.25, 0.3) is 10.0 Å². The van der Waals surface area contributed by atoms with Gasteiger partial charge in [-0.2, -0.15) is 0 Å². The molecule has 1 N–H and O–H groups in total. The number of fused-ring (bicyclic) bond motifs is 1. The van der Waals surface area contributed by atoms with Gasteiger partial charge < -0.3 is 4.74 Å². The van der Waals surface area contributed by atoms with Gasteiger partial charge in [0, 0.05) is 29.1 Å². The van der Waals surface area contributed by atoms with Gasteiger partial charge in [-0.3, -0.25) is 9.12 Å². The molecule has 5 aromatic rings. The van der Waals surface area contributed by atoms with Crippen molar-refractivity contribution in [3.63, 3.8) is 0 Å². The van der Waals surface area contributed by atoms with E-state index in [0.29, 0.717) is 28.7 Å². The Balaban J connectivity index is 1.59. The Labute approximate surface area is 203 Å². The number of nitrogens with zero attached hydrogens (tertiary/aromatic N) is 3. The van der Waals surface area contributed by atoms with E-state index in [1.54, 1.807) is 29.7 Å². The summed E-state index contributed by atoms with van der Waals surface area (Å²) < 4.78 is 76.5. The number of hydrogen-bond donors (Lipinski definition) is 1. The molecule has 0 amide bonds. The van der Waals surface area contributed by atoms with Gasteiger partial charge in [-0.15, -0.1) is 10.2 Å². The monoisotopic (exact) mass is 510 g/mol. The SMILES string of the molecule is Cc1nnc2ccc(-c3cc(NS(=O)(=O)c4ccc(F)cc4)ccc3Oc3ccc(F)cc3F)cn12. The van der Waals surface area contributed by atoms with Crippen molar-refractivity contribution in [3.05, 3.63) is 102 Å². The van der Waals surface area contributed by atoms with E-state index in [-0.39, 0.29) is 22.1 Å². The first kappa shape index (κ1) is 23.4. The molecule has 0 aliphatic rings. The molecule has 5 rings (SSSR count). The molecule has 3 aromatic carbocycles. The molecule has 2 aromatic heterocycles. The van der Waals surface area contributed by atoms with Crippen LogP contribution in [0.25, 0.3) is 16.8 Å². The standard InChI is InChI=1S/C25H17F3N4O3S/c1-15-29-30-25-11-2-16(14-32(15)25)21-13-19(31-36(33,34)20-7-3-17(26)4-8-20)6-10-23(21)35-24-9-5-18(27)12-22(24)28/h2-14,31H,1H3. The first-order chi connectivity index (χ1) is 17.2. The van der Waals surface area contributed by atoms with Gasteiger partial charge in [0.15, 0.2) is 17.2 Å². The van der Waals surface area contributed by atoms with E-state index in [2.05, 4.69) is 14.9 Å². The van der Waals surface area contributed by atoms with Crippen LogP contribution in [-0.4, -0.2) is 23.0 Å². The Morgan fingerprint density at radius 2 is 1.56 bits per heavy atom. The first-order valence-corrected chi connectivity index (χ1v) is 12.0. The largest absolute Gasteiger partial charge is 0.454 e. The lowest BCUT2D eigenvalue weighted by molar-refractivity contribution is 0.439. The van der Waals surface area contributed by atoms with Crippen LogP contribution < -0.4 is 9.46 Å². The molecular weight excluding hydrogens is 493 g/mol. The van der Waals surface area contributed by atoms with Gasteiger partial charge in [-0.05, 0) is 73.7 Å². The molecule has 11 heteroatoms. The zero-order valence-corrected chi connectivity index (χ0v) is 19.4. The summed E-state index contributed by atoms with van der Waals surface area (Å²) in [6.45, 7) is 1.77. The van der Waals surface area contributed by atoms with Crippen molar-refractivity contribution < 1.29 is 26.3 Å². The quantitative estimate of drug-likeness (QED) is 0.316. The number of halogens is 3. The van der Waals surface area contributed by atoms with E-state index in [0.717, 1.165) is 36.4 Å². The summed E-state index contributed by atoms with van der Waals surface area (Å²) in [4.78, 5) is -0.124. The number of aryl methyl sites for hydroxylation is 1. The lowest BCUT2D eigenvalue weighted by Crippen LogP contribution is -2.13. The average Bonchev–Trinajstić information content (AvgIpc) is 3.22. The van der Waals surface area contributed by atoms with Crippen LogP contribution in [0.2, 0.25) is 0 Å². The summed E-state index contributed by atoms with van der Waals surface area (Å²) >= 11 is 0. The number of aromatic nitrogens is 3. The average molecular weight is 510 g/mol. The van der Waals surface area contributed by atoms with Crippen molar-refractivity contribution >= 4 is 21.4 Å². The van der Waals surface area contributed by atoms with E-state index in [4.69, 9.17) is 4.74 Å². The highest BCUT2D eigenvalue weighted by molar-refractivity contribution is 7.92. The number of ether oxygens (including phenoxy) is 1. The van der Waals surface area contributed by atoms with Crippen molar-refractivity contribution in [2.75, 3.05) is 4.72 Å². The first-order valence-electron chi connectivity index (χ1n) is 10.6. The highest BCUT2D eigenvalue weighted by atomic mass is 32.2. The van der Waals surface area contributed by atoms with Gasteiger partial charge in [0.2, 0.25) is 0 Å². The minimum Gasteiger partial charge on any atom is -0.454 e. The maximum Gasteiger partial charge on any atom is 0.261 e. The fourth-order valence-corrected chi connectivity index (χ4v) is 4.63. The normalized spacial score (nSPS) is 11.6. The number of hydrogen-bond acceptors (Lipinski definition) is 5. The Hall–Kier alpha value is -4.38. The molecule has 0 saturated carbocycles. The number of sulfonamides is 1. The molecule has 0 radical (unpaired) electrons. The molecule has 0 saturated heterocycles. The molecule has 0 fully saturated rings. The zero-order chi connectivity index (χ0) is 25.4. The zero-order valence-electron chi connectivity index (χ0n) is 18.6. The molecule has 182 valence electrons. The van der Waals surface area contributed by atoms with Crippen molar-refractivity contribution in [1.82, 2.24) is 14.6 Å². The topological polar surface area (TPSA) is 85.6 Å². The van der Waals surface area contributed by atoms with E-state index in [9.17, 15) is 21.6 Å². The van der Waals surface area contributed by atoms with Gasteiger partial charge in [-0.25, -0.2) is 21.6 Å². The predicted molar refractivity (Wildman–Crippen MR) is 127 cm³/mol. The van der Waals surface area contributed by atoms with Crippen LogP contribution in [0, 0.1) is 24.4 Å². The van der Waals surface area contributed by atoms with E-state index in [1.807, 2.05) is 0 Å². The Bertz CT molecular complexity index is 1700. The minimum absolute atomic E-state index is 0.124. The van der Waals surface area contributed by atoms with E-state index < -0.39 is 27.5 Å². The highest BCUT2D eigenvalue weighted by Gasteiger charge is 2.18. The highest BCUT2D eigenvalue weighted by Crippen LogP contribution is 2.37. The summed E-state index contributed by atoms with van der Waals surface area (Å²) in [5, 5.41) is 8.07. The van der Waals surface area contributed by atoms with Crippen molar-refractivity contribution in [2.45, 2.75) is 11.8 Å². The summed E-state index contributed by atoms with van der Waals surface area (Å²) in [5.41, 5.74) is 1.78. The van der Waals surface area contributed by atoms with Crippen molar-refractivity contribution in [2.24, 2.45) is 0 Å². The van der Waals surface area contributed by atoms with Gasteiger partial charge in [-0.1, -0.05) is 0 Å². The Morgan fingerprint density at radius 3 is 2.31 bits per heavy atom. The summed E-state index contributed by atoms with van der Waals surface area (Å²) in [6, 6.07) is 15.2. The number of anilines is 1. The lowest BCUT2D eigenvalue weighted by atomic mass is 10.1. The third kappa shape index (κ3) is 4.60. The molecule has 0 bridgehead atoms. The molecule has 0 atom stereocenters. The van der Waals surface area contributed by atoms with Crippen LogP contribution in [0.3, 0.4) is 0 Å². The lowest BCUT2D eigenvalue weighted by Gasteiger charge is -2.15. The van der Waals surface area contributed by atoms with Crippen molar-refractivity contribution in [3.8, 4) is 22.6 Å². The van der Waals surface area contributed by atoms with Crippen LogP contribution in [0.5, 0.6) is 11.5 Å². The maximum atomic E-state index is 14.3. The van der Waals surface area contributed by atoms with Gasteiger partial charge in [0.1, 0.15) is 23.2 Å². The predicted octanol–water partition coefficient (Wildman–Crippen LogP) is 5.72. The van der Waals surface area contributed by atoms with Gasteiger partial charge in [0.05, 0.1) is 4.90 Å². The van der Waals surface area contributed by atoms with E-state index >= 15 is 0 Å². The second kappa shape index (κ2) is 9.00. The van der Waals surface area contributed by atoms with Crippen LogP contribution in [0.4, 0.5) is 18.9 Å². The second-order valence-corrected chi connectivity index (χ2v) is 9.52. The molecule has 7 nitrogen and oxygen atoms in total. The number of benzene rings is 3. The fourth-order valence-electron chi connectivity index (χ4n) is 3.58. The summed E-state index contributed by atoms with van der Waals surface area (Å²) in [6.07, 6.45) is 1.73. The van der Waals surface area contributed by atoms with Crippen LogP contribution in [0.15, 0.2) is 83.9 Å². The number of nitrogens with one attached hydrogen (secondary N) is 1. The Kier molecular flexibility index (Phi) is 5.84. The van der Waals surface area contributed by atoms with E-state index in [1.165, 1.54) is 18.2 Å². The smallest absolute Gasteiger partial charge is 0.261 e. The van der Waals surface area contributed by atoms with Crippen molar-refractivity contribution in [1.29, 1.82) is 0 Å². The molecule has 0 unspecified atom stereocenters. The molecule has 0 aliphatic carbocycles. The maximum absolute atomic E-state index is 14.3. The molecule has 2 heterocycles. The second-order valence-electron chi connectivity index (χ2n) is 7.84. The van der Waals surface area contributed by atoms with Crippen LogP contribution in [0.1, 0.15) is 5.82 Å². The van der Waals surface area contributed by atoms with Crippen LogP contribution >= 0.6 is 0 Å². The number of pyridine rings is 1. The number of rotatable bonds is 6. The van der Waals surface area contributed by atoms with Gasteiger partial charge >= 0.3 is 0 Å². The minimum atomic E-state index is -4.03. The molecule has 36 heavy (non-hydrogen) atoms. The Morgan fingerprint density at radius 1 is 0.833 bits per heavy atom. The molecular formula is C25H17F3N4O3S. The molecule has 0 spiro atoms. The summed E-state index contributed by atoms with van der Waals surface area (Å²) in [7, 11) is -4.03. The third-order valence-electron chi connectivity index (χ3n) is 5.35. The van der Waals surface area contributed by atoms with Crippen LogP contribution in [-0.2, 0) is 10.0 Å². The third-order valence-corrected chi connectivity index (χ3v) is 6.75.